The van der Waals surface area contributed by atoms with E-state index in [1.807, 2.05) is 0 Å². The second-order valence-electron chi connectivity index (χ2n) is 1.93. The summed E-state index contributed by atoms with van der Waals surface area (Å²) in [5.74, 6) is -0.481. The highest BCUT2D eigenvalue weighted by molar-refractivity contribution is 5.84. The minimum atomic E-state index is -0.481. The fraction of sp³-hybridized carbons (Fsp3) is 0.571. The van der Waals surface area contributed by atoms with E-state index in [2.05, 4.69) is 12.3 Å². The molecule has 0 bridgehead atoms. The molecular weight excluding hydrogens is 212 g/mol. The number of quaternary nitrogens is 1. The van der Waals surface area contributed by atoms with Crippen molar-refractivity contribution in [2.45, 2.75) is 0 Å². The second kappa shape index (κ2) is 10.4. The number of hydroxylamine groups is 3. The molecule has 0 heterocycles. The molecule has 2 N–H and O–H groups in total. The Bertz CT molecular complexity index is 154. The number of halogens is 1. The average molecular weight is 229 g/mol. The smallest absolute Gasteiger partial charge is 0.240 e. The van der Waals surface area contributed by atoms with Gasteiger partial charge in [0, 0.05) is 0 Å². The molecule has 0 atom stereocenters. The third-order valence-electron chi connectivity index (χ3n) is 1.20. The van der Waals surface area contributed by atoms with Gasteiger partial charge in [0.05, 0.1) is 4.97 Å². The van der Waals surface area contributed by atoms with Gasteiger partial charge < -0.3 is 18.1 Å². The fourth-order valence-corrected chi connectivity index (χ4v) is 0.224. The summed E-state index contributed by atoms with van der Waals surface area (Å²) in [6, 6.07) is 0. The molecule has 86 valence electrons. The van der Waals surface area contributed by atoms with E-state index in [9.17, 15) is 4.79 Å². The van der Waals surface area contributed by atoms with Gasteiger partial charge in [-0.25, -0.2) is 0 Å². The zero-order valence-corrected chi connectivity index (χ0v) is 9.58. The van der Waals surface area contributed by atoms with E-state index in [1.54, 1.807) is 7.05 Å². The number of carbonyl (C=O) groups is 1. The molecule has 0 fully saturated rings. The Morgan fingerprint density at radius 1 is 1.29 bits per heavy atom. The van der Waals surface area contributed by atoms with E-state index in [4.69, 9.17) is 14.5 Å². The Morgan fingerprint density at radius 3 is 1.50 bits per heavy atom. The lowest BCUT2D eigenvalue weighted by molar-refractivity contribution is -1.35. The number of nitrogens with two attached hydrogens (primary N) is 1. The first-order chi connectivity index (χ1) is 5.95. The molecule has 0 saturated heterocycles. The van der Waals surface area contributed by atoms with E-state index >= 15 is 0 Å². The summed E-state index contributed by atoms with van der Waals surface area (Å²) in [7, 11) is 6.10. The monoisotopic (exact) mass is 228 g/mol. The molecule has 0 spiro atoms. The van der Waals surface area contributed by atoms with Crippen LogP contribution in [0.4, 0.5) is 0 Å². The number of rotatable bonds is 4. The first-order valence-electron chi connectivity index (χ1n) is 3.41. The standard InChI is InChI=1S/C4H12NO3.C3H5NO.ClH/c1-5(6-2,7-3)8-4;1-2-3(4)5;/h1-4H3;2H,1H2,(H2,4,5);1H/q+1;;/p-1. The van der Waals surface area contributed by atoms with Crippen LogP contribution in [0.25, 0.3) is 0 Å². The first-order valence-corrected chi connectivity index (χ1v) is 3.41. The zero-order chi connectivity index (χ0) is 10.9. The molecule has 0 aliphatic rings. The number of amides is 1. The van der Waals surface area contributed by atoms with Crippen molar-refractivity contribution in [2.75, 3.05) is 28.4 Å². The van der Waals surface area contributed by atoms with Crippen molar-refractivity contribution < 1.29 is 36.7 Å². The molecule has 0 aliphatic heterocycles. The molecule has 0 aromatic rings. The van der Waals surface area contributed by atoms with Gasteiger partial charge in [0.1, 0.15) is 21.3 Å². The summed E-state index contributed by atoms with van der Waals surface area (Å²) in [5, 5.41) is 0. The van der Waals surface area contributed by atoms with Crippen LogP contribution in [0, 0.1) is 0 Å². The summed E-state index contributed by atoms with van der Waals surface area (Å²) in [6.07, 6.45) is 1.06. The number of hydrogen-bond acceptors (Lipinski definition) is 4. The van der Waals surface area contributed by atoms with Gasteiger partial charge in [-0.3, -0.25) is 4.79 Å². The minimum Gasteiger partial charge on any atom is -1.00 e. The summed E-state index contributed by atoms with van der Waals surface area (Å²) in [5.41, 5.74) is 4.53. The van der Waals surface area contributed by atoms with Gasteiger partial charge >= 0.3 is 0 Å². The molecule has 1 amide bonds. The maximum Gasteiger partial charge on any atom is 0.240 e. The van der Waals surface area contributed by atoms with Gasteiger partial charge in [-0.15, -0.1) is 14.5 Å². The van der Waals surface area contributed by atoms with E-state index in [-0.39, 0.29) is 17.4 Å². The normalized spacial score (nSPS) is 9.14. The molecule has 0 aromatic heterocycles. The third-order valence-corrected chi connectivity index (χ3v) is 1.20. The zero-order valence-electron chi connectivity index (χ0n) is 8.82. The van der Waals surface area contributed by atoms with Crippen LogP contribution in [-0.4, -0.2) is 39.3 Å². The van der Waals surface area contributed by atoms with Crippen LogP contribution in [0.1, 0.15) is 0 Å². The van der Waals surface area contributed by atoms with Crippen molar-refractivity contribution in [2.24, 2.45) is 5.73 Å². The van der Waals surface area contributed by atoms with Gasteiger partial charge in [0.2, 0.25) is 5.91 Å². The summed E-state index contributed by atoms with van der Waals surface area (Å²) < 4.78 is 0. The van der Waals surface area contributed by atoms with Crippen LogP contribution in [-0.2, 0) is 19.3 Å². The number of nitrogens with zero attached hydrogens (tertiary/aromatic N) is 1. The van der Waals surface area contributed by atoms with Crippen molar-refractivity contribution in [3.8, 4) is 0 Å². The van der Waals surface area contributed by atoms with Crippen LogP contribution in [0.5, 0.6) is 0 Å². The molecule has 0 radical (unpaired) electrons. The highest BCUT2D eigenvalue weighted by atomic mass is 35.5. The largest absolute Gasteiger partial charge is 1.00 e. The van der Waals surface area contributed by atoms with Crippen LogP contribution < -0.4 is 18.1 Å². The highest BCUT2D eigenvalue weighted by Crippen LogP contribution is 1.99. The van der Waals surface area contributed by atoms with Gasteiger partial charge in [-0.2, -0.15) is 0 Å². The van der Waals surface area contributed by atoms with E-state index < -0.39 is 5.91 Å². The molecule has 14 heavy (non-hydrogen) atoms. The molecule has 0 unspecified atom stereocenters. The van der Waals surface area contributed by atoms with Crippen molar-refractivity contribution in [3.63, 3.8) is 0 Å². The number of hydrogen-bond donors (Lipinski definition) is 1. The highest BCUT2D eigenvalue weighted by Gasteiger charge is 2.20. The molecule has 0 rings (SSSR count). The molecule has 0 aliphatic carbocycles. The Kier molecular flexibility index (Phi) is 14.1. The van der Waals surface area contributed by atoms with Crippen molar-refractivity contribution in [3.05, 3.63) is 12.7 Å². The van der Waals surface area contributed by atoms with Gasteiger partial charge in [-0.1, -0.05) is 6.58 Å². The number of primary amides is 1. The van der Waals surface area contributed by atoms with Crippen LogP contribution >= 0.6 is 0 Å². The minimum absolute atomic E-state index is 0. The topological polar surface area (TPSA) is 70.8 Å². The molecule has 0 aromatic carbocycles. The molecular formula is C7H17ClN2O4. The van der Waals surface area contributed by atoms with Crippen LogP contribution in [0.15, 0.2) is 12.7 Å². The Hall–Kier alpha value is -0.660. The third kappa shape index (κ3) is 11.3. The van der Waals surface area contributed by atoms with Gasteiger partial charge in [-0.05, 0) is 6.08 Å². The number of carbonyl (C=O) groups excluding carboxylic acids is 1. The van der Waals surface area contributed by atoms with Crippen molar-refractivity contribution in [1.82, 2.24) is 0 Å². The van der Waals surface area contributed by atoms with Gasteiger partial charge in [0.15, 0.2) is 7.05 Å². The fourth-order valence-electron chi connectivity index (χ4n) is 0.224. The van der Waals surface area contributed by atoms with Crippen molar-refractivity contribution in [1.29, 1.82) is 0 Å². The summed E-state index contributed by atoms with van der Waals surface area (Å²) in [4.78, 5) is 23.4. The Morgan fingerprint density at radius 2 is 1.50 bits per heavy atom. The van der Waals surface area contributed by atoms with E-state index in [1.165, 1.54) is 21.3 Å². The lowest BCUT2D eigenvalue weighted by Crippen LogP contribution is -3.00. The lowest BCUT2D eigenvalue weighted by Gasteiger charge is -2.19. The summed E-state index contributed by atoms with van der Waals surface area (Å²) in [6.45, 7) is 3.09. The van der Waals surface area contributed by atoms with Gasteiger partial charge in [0.25, 0.3) is 0 Å². The summed E-state index contributed by atoms with van der Waals surface area (Å²) >= 11 is 0. The second-order valence-corrected chi connectivity index (χ2v) is 1.93. The first kappa shape index (κ1) is 19.0. The van der Waals surface area contributed by atoms with Crippen LogP contribution in [0.3, 0.4) is 0 Å². The van der Waals surface area contributed by atoms with E-state index in [0.717, 1.165) is 6.08 Å². The average Bonchev–Trinajstić information content (AvgIpc) is 2.17. The molecule has 6 nitrogen and oxygen atoms in total. The predicted molar refractivity (Wildman–Crippen MR) is 46.6 cm³/mol. The van der Waals surface area contributed by atoms with Crippen molar-refractivity contribution >= 4 is 5.91 Å². The maximum absolute atomic E-state index is 9.47. The SMILES string of the molecule is C=CC(N)=O.CO[N+](C)(OC)OC.[Cl-]. The van der Waals surface area contributed by atoms with Crippen LogP contribution in [0.2, 0.25) is 0 Å². The lowest BCUT2D eigenvalue weighted by atomic mass is 10.6. The molecule has 7 heteroatoms. The quantitative estimate of drug-likeness (QED) is 0.312. The predicted octanol–water partition coefficient (Wildman–Crippen LogP) is -3.22. The Balaban J connectivity index is -0.000000177. The van der Waals surface area contributed by atoms with E-state index in [0.29, 0.717) is 0 Å². The molecule has 0 saturated carbocycles. The Labute approximate surface area is 90.1 Å². The maximum atomic E-state index is 9.47.